The SMILES string of the molecule is CC(C)N(C)CCCNc1ncccc1N. The molecule has 0 saturated heterocycles. The Morgan fingerprint density at radius 2 is 2.25 bits per heavy atom. The van der Waals surface area contributed by atoms with Crippen LogP contribution in [0.15, 0.2) is 18.3 Å². The molecule has 0 radical (unpaired) electrons. The number of anilines is 2. The van der Waals surface area contributed by atoms with Crippen molar-refractivity contribution in [2.45, 2.75) is 26.3 Å². The average Bonchev–Trinajstić information content (AvgIpc) is 2.26. The summed E-state index contributed by atoms with van der Waals surface area (Å²) in [5.41, 5.74) is 6.48. The maximum Gasteiger partial charge on any atom is 0.149 e. The van der Waals surface area contributed by atoms with Gasteiger partial charge in [-0.1, -0.05) is 0 Å². The minimum Gasteiger partial charge on any atom is -0.396 e. The van der Waals surface area contributed by atoms with Crippen LogP contribution in [-0.4, -0.2) is 36.1 Å². The van der Waals surface area contributed by atoms with Gasteiger partial charge < -0.3 is 16.0 Å². The Morgan fingerprint density at radius 1 is 1.50 bits per heavy atom. The van der Waals surface area contributed by atoms with Crippen LogP contribution in [0.1, 0.15) is 20.3 Å². The summed E-state index contributed by atoms with van der Waals surface area (Å²) in [4.78, 5) is 6.50. The van der Waals surface area contributed by atoms with E-state index >= 15 is 0 Å². The number of nitrogens with zero attached hydrogens (tertiary/aromatic N) is 2. The first kappa shape index (κ1) is 12.8. The van der Waals surface area contributed by atoms with Gasteiger partial charge in [0.2, 0.25) is 0 Å². The molecule has 0 amide bonds. The van der Waals surface area contributed by atoms with E-state index in [4.69, 9.17) is 5.73 Å². The van der Waals surface area contributed by atoms with Gasteiger partial charge in [-0.15, -0.1) is 0 Å². The van der Waals surface area contributed by atoms with Crippen LogP contribution in [-0.2, 0) is 0 Å². The van der Waals surface area contributed by atoms with Crippen molar-refractivity contribution >= 4 is 11.5 Å². The molecule has 0 atom stereocenters. The van der Waals surface area contributed by atoms with Crippen LogP contribution in [0.4, 0.5) is 11.5 Å². The van der Waals surface area contributed by atoms with Crippen LogP contribution in [0, 0.1) is 0 Å². The molecule has 3 N–H and O–H groups in total. The van der Waals surface area contributed by atoms with Crippen molar-refractivity contribution in [1.29, 1.82) is 0 Å². The fraction of sp³-hybridized carbons (Fsp3) is 0.583. The van der Waals surface area contributed by atoms with Gasteiger partial charge in [-0.3, -0.25) is 0 Å². The smallest absolute Gasteiger partial charge is 0.149 e. The molecule has 1 heterocycles. The quantitative estimate of drug-likeness (QED) is 0.721. The molecule has 90 valence electrons. The Morgan fingerprint density at radius 3 is 2.88 bits per heavy atom. The third-order valence-electron chi connectivity index (χ3n) is 2.70. The molecule has 0 saturated carbocycles. The Hall–Kier alpha value is -1.29. The molecule has 1 aromatic heterocycles. The van der Waals surface area contributed by atoms with Crippen molar-refractivity contribution in [3.05, 3.63) is 18.3 Å². The molecule has 0 aliphatic heterocycles. The first-order valence-corrected chi connectivity index (χ1v) is 5.76. The molecule has 0 aromatic carbocycles. The van der Waals surface area contributed by atoms with E-state index in [1.807, 2.05) is 12.1 Å². The van der Waals surface area contributed by atoms with Crippen LogP contribution in [0.3, 0.4) is 0 Å². The van der Waals surface area contributed by atoms with E-state index in [9.17, 15) is 0 Å². The van der Waals surface area contributed by atoms with Crippen molar-refractivity contribution in [2.24, 2.45) is 0 Å². The van der Waals surface area contributed by atoms with Gasteiger partial charge in [-0.05, 0) is 46.0 Å². The van der Waals surface area contributed by atoms with E-state index in [1.54, 1.807) is 6.20 Å². The summed E-state index contributed by atoms with van der Waals surface area (Å²) in [6.45, 7) is 6.38. The average molecular weight is 222 g/mol. The molecule has 1 aromatic rings. The predicted molar refractivity (Wildman–Crippen MR) is 69.5 cm³/mol. The van der Waals surface area contributed by atoms with E-state index in [0.29, 0.717) is 11.7 Å². The summed E-state index contributed by atoms with van der Waals surface area (Å²) < 4.78 is 0. The minimum absolute atomic E-state index is 0.597. The number of nitrogens with two attached hydrogens (primary N) is 1. The Balaban J connectivity index is 2.24. The highest BCUT2D eigenvalue weighted by Crippen LogP contribution is 2.12. The lowest BCUT2D eigenvalue weighted by Gasteiger charge is -2.20. The number of hydrogen-bond donors (Lipinski definition) is 2. The number of aromatic nitrogens is 1. The van der Waals surface area contributed by atoms with E-state index in [1.165, 1.54) is 0 Å². The van der Waals surface area contributed by atoms with Gasteiger partial charge in [-0.2, -0.15) is 0 Å². The molecule has 4 heteroatoms. The third kappa shape index (κ3) is 4.06. The zero-order chi connectivity index (χ0) is 12.0. The molecular weight excluding hydrogens is 200 g/mol. The Kier molecular flexibility index (Phi) is 5.05. The Labute approximate surface area is 97.9 Å². The maximum absolute atomic E-state index is 5.78. The summed E-state index contributed by atoms with van der Waals surface area (Å²) in [5.74, 6) is 0.787. The van der Waals surface area contributed by atoms with Crippen LogP contribution < -0.4 is 11.1 Å². The first-order chi connectivity index (χ1) is 7.61. The van der Waals surface area contributed by atoms with E-state index in [-0.39, 0.29) is 0 Å². The molecule has 4 nitrogen and oxygen atoms in total. The fourth-order valence-electron chi connectivity index (χ4n) is 1.36. The molecule has 0 unspecified atom stereocenters. The van der Waals surface area contributed by atoms with Gasteiger partial charge in [0.1, 0.15) is 5.82 Å². The normalized spacial score (nSPS) is 11.1. The molecule has 0 aliphatic rings. The third-order valence-corrected chi connectivity index (χ3v) is 2.70. The summed E-state index contributed by atoms with van der Waals surface area (Å²) in [6, 6.07) is 4.29. The standard InChI is InChI=1S/C12H22N4/c1-10(2)16(3)9-5-8-15-12-11(13)6-4-7-14-12/h4,6-7,10H,5,8-9,13H2,1-3H3,(H,14,15). The highest BCUT2D eigenvalue weighted by molar-refractivity contribution is 5.60. The number of hydrogen-bond acceptors (Lipinski definition) is 4. The highest BCUT2D eigenvalue weighted by atomic mass is 15.1. The molecule has 0 bridgehead atoms. The van der Waals surface area contributed by atoms with Crippen molar-refractivity contribution < 1.29 is 0 Å². The molecule has 1 rings (SSSR count). The molecule has 0 fully saturated rings. The number of pyridine rings is 1. The van der Waals surface area contributed by atoms with Crippen molar-refractivity contribution in [2.75, 3.05) is 31.2 Å². The largest absolute Gasteiger partial charge is 0.396 e. The van der Waals surface area contributed by atoms with Crippen molar-refractivity contribution in [3.63, 3.8) is 0 Å². The topological polar surface area (TPSA) is 54.2 Å². The summed E-state index contributed by atoms with van der Waals surface area (Å²) >= 11 is 0. The van der Waals surface area contributed by atoms with E-state index < -0.39 is 0 Å². The van der Waals surface area contributed by atoms with Crippen LogP contribution in [0.25, 0.3) is 0 Å². The number of nitrogens with one attached hydrogen (secondary N) is 1. The van der Waals surface area contributed by atoms with E-state index in [2.05, 4.69) is 36.1 Å². The van der Waals surface area contributed by atoms with Gasteiger partial charge in [0, 0.05) is 18.8 Å². The summed E-state index contributed by atoms with van der Waals surface area (Å²) in [5, 5.41) is 3.24. The maximum atomic E-state index is 5.78. The monoisotopic (exact) mass is 222 g/mol. The van der Waals surface area contributed by atoms with Crippen molar-refractivity contribution in [1.82, 2.24) is 9.88 Å². The number of nitrogen functional groups attached to an aromatic ring is 1. The zero-order valence-electron chi connectivity index (χ0n) is 10.4. The van der Waals surface area contributed by atoms with E-state index in [0.717, 1.165) is 25.3 Å². The van der Waals surface area contributed by atoms with Crippen molar-refractivity contribution in [3.8, 4) is 0 Å². The Bertz CT molecular complexity index is 312. The number of rotatable bonds is 6. The second-order valence-electron chi connectivity index (χ2n) is 4.30. The lowest BCUT2D eigenvalue weighted by molar-refractivity contribution is 0.273. The minimum atomic E-state index is 0.597. The van der Waals surface area contributed by atoms with Crippen LogP contribution in [0.5, 0.6) is 0 Å². The predicted octanol–water partition coefficient (Wildman–Crippen LogP) is 1.81. The van der Waals surface area contributed by atoms with Crippen LogP contribution in [0.2, 0.25) is 0 Å². The highest BCUT2D eigenvalue weighted by Gasteiger charge is 2.02. The first-order valence-electron chi connectivity index (χ1n) is 5.76. The van der Waals surface area contributed by atoms with Gasteiger partial charge in [0.05, 0.1) is 5.69 Å². The second-order valence-corrected chi connectivity index (χ2v) is 4.30. The summed E-state index contributed by atoms with van der Waals surface area (Å²) in [6.07, 6.45) is 2.84. The molecular formula is C12H22N4. The summed E-state index contributed by atoms with van der Waals surface area (Å²) in [7, 11) is 2.14. The fourth-order valence-corrected chi connectivity index (χ4v) is 1.36. The molecule has 16 heavy (non-hydrogen) atoms. The van der Waals surface area contributed by atoms with Gasteiger partial charge >= 0.3 is 0 Å². The van der Waals surface area contributed by atoms with Crippen LogP contribution >= 0.6 is 0 Å². The lowest BCUT2D eigenvalue weighted by Crippen LogP contribution is -2.28. The molecule has 0 aliphatic carbocycles. The zero-order valence-corrected chi connectivity index (χ0v) is 10.4. The lowest BCUT2D eigenvalue weighted by atomic mass is 10.3. The van der Waals surface area contributed by atoms with Gasteiger partial charge in [-0.25, -0.2) is 4.98 Å². The van der Waals surface area contributed by atoms with Gasteiger partial charge in [0.15, 0.2) is 0 Å². The second kappa shape index (κ2) is 6.33. The van der Waals surface area contributed by atoms with Gasteiger partial charge in [0.25, 0.3) is 0 Å². The molecule has 0 spiro atoms.